The topological polar surface area (TPSA) is 88.0 Å². The van der Waals surface area contributed by atoms with E-state index >= 15 is 0 Å². The fourth-order valence-corrected chi connectivity index (χ4v) is 2.44. The molecule has 0 fully saturated rings. The summed E-state index contributed by atoms with van der Waals surface area (Å²) >= 11 is 5.82. The van der Waals surface area contributed by atoms with Crippen LogP contribution in [-0.4, -0.2) is 37.9 Å². The molecule has 0 unspecified atom stereocenters. The lowest BCUT2D eigenvalue weighted by Gasteiger charge is -2.08. The van der Waals surface area contributed by atoms with Crippen LogP contribution in [-0.2, 0) is 31.2 Å². The Labute approximate surface area is 121 Å². The van der Waals surface area contributed by atoms with Crippen LogP contribution in [0, 0.1) is 0 Å². The van der Waals surface area contributed by atoms with Crippen LogP contribution in [0.3, 0.4) is 0 Å². The maximum atomic E-state index is 10.7. The van der Waals surface area contributed by atoms with Gasteiger partial charge >= 0.3 is 6.09 Å². The third-order valence-electron chi connectivity index (χ3n) is 3.08. The summed E-state index contributed by atoms with van der Waals surface area (Å²) in [4.78, 5) is 15.3. The molecule has 110 valence electrons. The molecular weight excluding hydrogens is 282 g/mol. The number of ether oxygens (including phenoxy) is 1. The van der Waals surface area contributed by atoms with Crippen molar-refractivity contribution in [1.82, 2.24) is 19.3 Å². The normalized spacial score (nSPS) is 11.2. The highest BCUT2D eigenvalue weighted by molar-refractivity contribution is 6.17. The maximum absolute atomic E-state index is 10.7. The van der Waals surface area contributed by atoms with Crippen molar-refractivity contribution in [1.29, 1.82) is 0 Å². The number of nitrogens with two attached hydrogens (primary N) is 1. The molecule has 2 aromatic rings. The highest BCUT2D eigenvalue weighted by atomic mass is 35.5. The van der Waals surface area contributed by atoms with Gasteiger partial charge < -0.3 is 15.0 Å². The molecule has 0 aromatic carbocycles. The van der Waals surface area contributed by atoms with Crippen molar-refractivity contribution in [3.05, 3.63) is 11.5 Å². The number of carbonyl (C=O) groups is 1. The highest BCUT2D eigenvalue weighted by Crippen LogP contribution is 2.20. The average Bonchev–Trinajstić information content (AvgIpc) is 2.89. The summed E-state index contributed by atoms with van der Waals surface area (Å²) in [6.45, 7) is 2.72. The maximum Gasteiger partial charge on any atom is 0.404 e. The molecule has 2 N–H and O–H groups in total. The largest absolute Gasteiger partial charge is 0.448 e. The quantitative estimate of drug-likeness (QED) is 0.812. The molecule has 0 aliphatic rings. The van der Waals surface area contributed by atoms with E-state index in [1.807, 2.05) is 18.5 Å². The molecule has 1 amide bonds. The van der Waals surface area contributed by atoms with Gasteiger partial charge in [0.25, 0.3) is 0 Å². The van der Waals surface area contributed by atoms with Crippen LogP contribution in [0.25, 0.3) is 11.2 Å². The van der Waals surface area contributed by atoms with Gasteiger partial charge in [-0.25, -0.2) is 9.78 Å². The summed E-state index contributed by atoms with van der Waals surface area (Å²) in [5, 5.41) is 4.44. The van der Waals surface area contributed by atoms with Crippen LogP contribution >= 0.6 is 11.6 Å². The van der Waals surface area contributed by atoms with Crippen molar-refractivity contribution >= 4 is 28.9 Å². The molecule has 0 bridgehead atoms. The number of alkyl halides is 1. The first-order chi connectivity index (χ1) is 9.58. The van der Waals surface area contributed by atoms with E-state index in [9.17, 15) is 4.79 Å². The van der Waals surface area contributed by atoms with E-state index in [0.29, 0.717) is 18.8 Å². The number of rotatable bonds is 6. The Kier molecular flexibility index (Phi) is 4.49. The van der Waals surface area contributed by atoms with Crippen LogP contribution < -0.4 is 5.73 Å². The summed E-state index contributed by atoms with van der Waals surface area (Å²) in [5.74, 6) is 1.35. The summed E-state index contributed by atoms with van der Waals surface area (Å²) in [6, 6.07) is 0. The molecular formula is C12H18ClN5O2. The van der Waals surface area contributed by atoms with Crippen LogP contribution in [0.5, 0.6) is 0 Å². The molecule has 20 heavy (non-hydrogen) atoms. The predicted molar refractivity (Wildman–Crippen MR) is 75.8 cm³/mol. The van der Waals surface area contributed by atoms with Crippen molar-refractivity contribution < 1.29 is 9.53 Å². The van der Waals surface area contributed by atoms with E-state index in [4.69, 9.17) is 22.1 Å². The Morgan fingerprint density at radius 3 is 2.85 bits per heavy atom. The number of hydrogen-bond donors (Lipinski definition) is 1. The van der Waals surface area contributed by atoms with E-state index in [-0.39, 0.29) is 6.61 Å². The van der Waals surface area contributed by atoms with Crippen molar-refractivity contribution in [3.63, 3.8) is 0 Å². The monoisotopic (exact) mass is 299 g/mol. The third kappa shape index (κ3) is 2.72. The lowest BCUT2D eigenvalue weighted by molar-refractivity contribution is 0.152. The number of halogens is 1. The van der Waals surface area contributed by atoms with E-state index in [0.717, 1.165) is 29.1 Å². The van der Waals surface area contributed by atoms with Gasteiger partial charge in [0.15, 0.2) is 5.65 Å². The summed E-state index contributed by atoms with van der Waals surface area (Å²) in [7, 11) is 1.87. The number of carbonyl (C=O) groups excluding carboxylic acids is 1. The van der Waals surface area contributed by atoms with Gasteiger partial charge in [0.05, 0.1) is 12.2 Å². The average molecular weight is 300 g/mol. The predicted octanol–water partition coefficient (Wildman–Crippen LogP) is 1.21. The van der Waals surface area contributed by atoms with E-state index in [2.05, 4.69) is 10.1 Å². The van der Waals surface area contributed by atoms with Gasteiger partial charge in [-0.2, -0.15) is 5.10 Å². The first-order valence-electron chi connectivity index (χ1n) is 6.47. The lowest BCUT2D eigenvalue weighted by Crippen LogP contribution is -2.18. The second kappa shape index (κ2) is 6.13. The van der Waals surface area contributed by atoms with E-state index in [1.165, 1.54) is 0 Å². The number of amides is 1. The fraction of sp³-hybridized carbons (Fsp3) is 0.583. The zero-order valence-corrected chi connectivity index (χ0v) is 12.4. The summed E-state index contributed by atoms with van der Waals surface area (Å²) in [5.41, 5.74) is 7.72. The zero-order chi connectivity index (χ0) is 14.7. The van der Waals surface area contributed by atoms with Gasteiger partial charge in [-0.05, 0) is 6.42 Å². The zero-order valence-electron chi connectivity index (χ0n) is 11.6. The minimum Gasteiger partial charge on any atom is -0.448 e. The van der Waals surface area contributed by atoms with Crippen molar-refractivity contribution in [2.75, 3.05) is 12.5 Å². The van der Waals surface area contributed by atoms with Crippen LogP contribution in [0.2, 0.25) is 0 Å². The highest BCUT2D eigenvalue weighted by Gasteiger charge is 2.18. The number of primary amides is 1. The molecule has 7 nitrogen and oxygen atoms in total. The molecule has 0 atom stereocenters. The first kappa shape index (κ1) is 14.6. The van der Waals surface area contributed by atoms with Gasteiger partial charge in [-0.15, -0.1) is 11.6 Å². The molecule has 0 radical (unpaired) electrons. The Hall–Kier alpha value is -1.76. The van der Waals surface area contributed by atoms with Gasteiger partial charge in [-0.3, -0.25) is 4.68 Å². The Morgan fingerprint density at radius 1 is 1.50 bits per heavy atom. The summed E-state index contributed by atoms with van der Waals surface area (Å²) in [6.07, 6.45) is 0.682. The van der Waals surface area contributed by atoms with Gasteiger partial charge in [0.1, 0.15) is 17.9 Å². The van der Waals surface area contributed by atoms with Gasteiger partial charge in [-0.1, -0.05) is 6.92 Å². The van der Waals surface area contributed by atoms with Gasteiger partial charge in [0, 0.05) is 19.3 Å². The van der Waals surface area contributed by atoms with E-state index in [1.54, 1.807) is 4.68 Å². The van der Waals surface area contributed by atoms with Crippen molar-refractivity contribution in [2.45, 2.75) is 26.3 Å². The molecule has 2 rings (SSSR count). The number of nitrogens with zero attached hydrogens (tertiary/aromatic N) is 4. The molecule has 2 aromatic heterocycles. The second-order valence-electron chi connectivity index (χ2n) is 4.38. The molecule has 0 aliphatic carbocycles. The first-order valence-corrected chi connectivity index (χ1v) is 7.01. The van der Waals surface area contributed by atoms with Crippen LogP contribution in [0.15, 0.2) is 0 Å². The van der Waals surface area contributed by atoms with E-state index < -0.39 is 6.09 Å². The molecule has 0 saturated heterocycles. The Balaban J connectivity index is 2.39. The Bertz CT molecular complexity index is 619. The van der Waals surface area contributed by atoms with Crippen molar-refractivity contribution in [3.8, 4) is 0 Å². The third-order valence-corrected chi connectivity index (χ3v) is 3.27. The molecule has 0 spiro atoms. The van der Waals surface area contributed by atoms with Crippen molar-refractivity contribution in [2.24, 2.45) is 12.8 Å². The number of hydrogen-bond acceptors (Lipinski definition) is 4. The molecule has 8 heteroatoms. The van der Waals surface area contributed by atoms with Crippen LogP contribution in [0.4, 0.5) is 4.79 Å². The Morgan fingerprint density at radius 2 is 2.25 bits per heavy atom. The molecule has 0 saturated carbocycles. The minimum atomic E-state index is -0.778. The number of fused-ring (bicyclic) bond motifs is 1. The van der Waals surface area contributed by atoms with Gasteiger partial charge in [0.2, 0.25) is 0 Å². The summed E-state index contributed by atoms with van der Waals surface area (Å²) < 4.78 is 8.57. The SMILES string of the molecule is CCc1nn(C)c2c1nc(CCCl)n2CCOC(N)=O. The number of aromatic nitrogens is 4. The molecule has 0 aliphatic heterocycles. The lowest BCUT2D eigenvalue weighted by atomic mass is 10.3. The fourth-order valence-electron chi connectivity index (χ4n) is 2.27. The number of aryl methyl sites for hydroxylation is 3. The standard InChI is InChI=1S/C12H18ClN5O2/c1-3-8-10-11(17(2)16-8)18(6-7-20-12(14)19)9(15-10)4-5-13/h3-7H2,1-2H3,(H2,14,19). The number of imidazole rings is 1. The van der Waals surface area contributed by atoms with Crippen LogP contribution in [0.1, 0.15) is 18.4 Å². The minimum absolute atomic E-state index is 0.197. The molecule has 2 heterocycles. The second-order valence-corrected chi connectivity index (χ2v) is 4.76. The smallest absolute Gasteiger partial charge is 0.404 e.